The Balaban J connectivity index is 1.82. The van der Waals surface area contributed by atoms with Gasteiger partial charge in [0.2, 0.25) is 0 Å². The highest BCUT2D eigenvalue weighted by Crippen LogP contribution is 2.12. The van der Waals surface area contributed by atoms with Crippen LogP contribution in [0.4, 0.5) is 13.2 Å². The predicted molar refractivity (Wildman–Crippen MR) is 80.7 cm³/mol. The summed E-state index contributed by atoms with van der Waals surface area (Å²) in [5, 5.41) is 1.99. The highest BCUT2D eigenvalue weighted by atomic mass is 19.4. The Kier molecular flexibility index (Phi) is 5.73. The van der Waals surface area contributed by atoms with Crippen molar-refractivity contribution < 1.29 is 27.5 Å². The number of aromatic amines is 1. The molecule has 1 aromatic heterocycles. The number of aromatic nitrogens is 2. The largest absolute Gasteiger partial charge is 0.456 e. The number of carbonyl (C=O) groups is 2. The summed E-state index contributed by atoms with van der Waals surface area (Å²) >= 11 is 0. The Labute approximate surface area is 139 Å². The zero-order valence-electron chi connectivity index (χ0n) is 12.9. The van der Waals surface area contributed by atoms with Crippen LogP contribution < -0.4 is 10.9 Å². The molecule has 2 aromatic rings. The van der Waals surface area contributed by atoms with Crippen molar-refractivity contribution in [1.29, 1.82) is 0 Å². The lowest BCUT2D eigenvalue weighted by molar-refractivity contribution is -0.151. The third kappa shape index (κ3) is 5.90. The second-order valence-electron chi connectivity index (χ2n) is 5.08. The molecule has 1 heterocycles. The average molecular weight is 357 g/mol. The molecule has 0 saturated carbocycles. The van der Waals surface area contributed by atoms with Gasteiger partial charge < -0.3 is 15.0 Å². The molecule has 0 spiro atoms. The Morgan fingerprint density at radius 2 is 1.96 bits per heavy atom. The smallest absolute Gasteiger partial charge is 0.405 e. The number of hydrogen-bond acceptors (Lipinski definition) is 5. The number of esters is 1. The lowest BCUT2D eigenvalue weighted by atomic mass is 10.2. The van der Waals surface area contributed by atoms with E-state index in [2.05, 4.69) is 14.7 Å². The zero-order chi connectivity index (χ0) is 18.4. The molecule has 7 nitrogen and oxygen atoms in total. The highest BCUT2D eigenvalue weighted by Gasteiger charge is 2.27. The average Bonchev–Trinajstić information content (AvgIpc) is 2.55. The van der Waals surface area contributed by atoms with Crippen molar-refractivity contribution in [2.75, 3.05) is 13.2 Å². The topological polar surface area (TPSA) is 101 Å². The number of benzene rings is 1. The Bertz CT molecular complexity index is 833. The lowest BCUT2D eigenvalue weighted by Crippen LogP contribution is -2.36. The van der Waals surface area contributed by atoms with Gasteiger partial charge in [-0.1, -0.05) is 12.1 Å². The van der Waals surface area contributed by atoms with E-state index in [0.29, 0.717) is 10.9 Å². The van der Waals surface area contributed by atoms with E-state index in [0.717, 1.165) is 0 Å². The molecule has 0 atom stereocenters. The van der Waals surface area contributed by atoms with E-state index in [1.165, 1.54) is 0 Å². The molecule has 1 aromatic carbocycles. The maximum Gasteiger partial charge on any atom is 0.405 e. The number of H-pyrrole nitrogens is 1. The number of amides is 1. The van der Waals surface area contributed by atoms with E-state index in [-0.39, 0.29) is 24.2 Å². The number of para-hydroxylation sites is 1. The van der Waals surface area contributed by atoms with Gasteiger partial charge in [0.15, 0.2) is 6.61 Å². The normalized spacial score (nSPS) is 11.3. The number of aryl methyl sites for hydroxylation is 1. The standard InChI is InChI=1S/C15H14F3N3O4/c16-15(17,18)8-19-12(22)7-25-13(23)6-5-11-20-10-4-2-1-3-9(10)14(24)21-11/h1-4H,5-8H2,(H,19,22)(H,20,21,24). The molecule has 0 aliphatic carbocycles. The first-order valence-corrected chi connectivity index (χ1v) is 7.21. The minimum absolute atomic E-state index is 0.0586. The minimum atomic E-state index is -4.53. The number of hydrogen-bond donors (Lipinski definition) is 2. The quantitative estimate of drug-likeness (QED) is 0.754. The first-order valence-electron chi connectivity index (χ1n) is 7.21. The Morgan fingerprint density at radius 1 is 1.24 bits per heavy atom. The van der Waals surface area contributed by atoms with Crippen molar-refractivity contribution in [2.24, 2.45) is 0 Å². The molecule has 25 heavy (non-hydrogen) atoms. The Hall–Kier alpha value is -2.91. The summed E-state index contributed by atoms with van der Waals surface area (Å²) < 4.78 is 40.3. The second-order valence-corrected chi connectivity index (χ2v) is 5.08. The maximum atomic E-state index is 11.9. The van der Waals surface area contributed by atoms with Gasteiger partial charge in [0.25, 0.3) is 11.5 Å². The number of fused-ring (bicyclic) bond motifs is 1. The summed E-state index contributed by atoms with van der Waals surface area (Å²) in [4.78, 5) is 41.2. The number of rotatable bonds is 6. The second kappa shape index (κ2) is 7.77. The van der Waals surface area contributed by atoms with Crippen LogP contribution in [0.5, 0.6) is 0 Å². The fourth-order valence-electron chi connectivity index (χ4n) is 1.94. The van der Waals surface area contributed by atoms with Crippen LogP contribution in [0.3, 0.4) is 0 Å². The summed E-state index contributed by atoms with van der Waals surface area (Å²) in [6, 6.07) is 6.67. The van der Waals surface area contributed by atoms with Gasteiger partial charge >= 0.3 is 12.1 Å². The fraction of sp³-hybridized carbons (Fsp3) is 0.333. The number of halogens is 3. The fourth-order valence-corrected chi connectivity index (χ4v) is 1.94. The third-order valence-corrected chi connectivity index (χ3v) is 3.08. The predicted octanol–water partition coefficient (Wildman–Crippen LogP) is 1.08. The van der Waals surface area contributed by atoms with Crippen LogP contribution in [0, 0.1) is 0 Å². The van der Waals surface area contributed by atoms with Crippen molar-refractivity contribution >= 4 is 22.8 Å². The molecule has 134 valence electrons. The summed E-state index contributed by atoms with van der Waals surface area (Å²) in [7, 11) is 0. The SMILES string of the molecule is O=C(COC(=O)CCc1nc2ccccc2c(=O)[nH]1)NCC(F)(F)F. The number of alkyl halides is 3. The van der Waals surface area contributed by atoms with Gasteiger partial charge in [-0.05, 0) is 12.1 Å². The van der Waals surface area contributed by atoms with Crippen LogP contribution in [-0.4, -0.2) is 41.2 Å². The number of carbonyl (C=O) groups excluding carboxylic acids is 2. The van der Waals surface area contributed by atoms with E-state index in [9.17, 15) is 27.6 Å². The van der Waals surface area contributed by atoms with Crippen LogP contribution in [0.15, 0.2) is 29.1 Å². The summed E-state index contributed by atoms with van der Waals surface area (Å²) in [6.07, 6.45) is -4.66. The van der Waals surface area contributed by atoms with E-state index in [1.807, 2.05) is 0 Å². The number of ether oxygens (including phenoxy) is 1. The van der Waals surface area contributed by atoms with Gasteiger partial charge in [0.05, 0.1) is 17.3 Å². The van der Waals surface area contributed by atoms with Crippen LogP contribution in [0.1, 0.15) is 12.2 Å². The lowest BCUT2D eigenvalue weighted by Gasteiger charge is -2.08. The van der Waals surface area contributed by atoms with E-state index >= 15 is 0 Å². The molecule has 0 unspecified atom stereocenters. The van der Waals surface area contributed by atoms with Crippen molar-refractivity contribution in [2.45, 2.75) is 19.0 Å². The summed E-state index contributed by atoms with van der Waals surface area (Å²) in [5.41, 5.74) is 0.127. The van der Waals surface area contributed by atoms with Crippen molar-refractivity contribution in [3.63, 3.8) is 0 Å². The monoisotopic (exact) mass is 357 g/mol. The van der Waals surface area contributed by atoms with Crippen molar-refractivity contribution in [1.82, 2.24) is 15.3 Å². The molecule has 0 fully saturated rings. The Morgan fingerprint density at radius 3 is 2.68 bits per heavy atom. The molecule has 0 aliphatic heterocycles. The van der Waals surface area contributed by atoms with E-state index in [4.69, 9.17) is 0 Å². The van der Waals surface area contributed by atoms with Crippen LogP contribution >= 0.6 is 0 Å². The highest BCUT2D eigenvalue weighted by molar-refractivity contribution is 5.80. The molecule has 0 radical (unpaired) electrons. The summed E-state index contributed by atoms with van der Waals surface area (Å²) in [6.45, 7) is -2.30. The van der Waals surface area contributed by atoms with Gasteiger partial charge in [-0.3, -0.25) is 14.4 Å². The molecule has 1 amide bonds. The molecular weight excluding hydrogens is 343 g/mol. The van der Waals surface area contributed by atoms with Gasteiger partial charge in [-0.15, -0.1) is 0 Å². The molecule has 2 N–H and O–H groups in total. The molecule has 2 rings (SSSR count). The van der Waals surface area contributed by atoms with Crippen LogP contribution in [-0.2, 0) is 20.7 Å². The number of nitrogens with one attached hydrogen (secondary N) is 2. The van der Waals surface area contributed by atoms with Crippen LogP contribution in [0.2, 0.25) is 0 Å². The zero-order valence-corrected chi connectivity index (χ0v) is 12.9. The van der Waals surface area contributed by atoms with Crippen molar-refractivity contribution in [3.8, 4) is 0 Å². The first kappa shape index (κ1) is 18.4. The van der Waals surface area contributed by atoms with Crippen LogP contribution in [0.25, 0.3) is 10.9 Å². The molecule has 0 saturated heterocycles. The van der Waals surface area contributed by atoms with E-state index < -0.39 is 31.2 Å². The first-order chi connectivity index (χ1) is 11.7. The van der Waals surface area contributed by atoms with Gasteiger partial charge in [-0.2, -0.15) is 13.2 Å². The maximum absolute atomic E-state index is 11.9. The molecule has 10 heteroatoms. The van der Waals surface area contributed by atoms with Gasteiger partial charge in [0, 0.05) is 6.42 Å². The van der Waals surface area contributed by atoms with E-state index in [1.54, 1.807) is 29.6 Å². The molecule has 0 bridgehead atoms. The molecular formula is C15H14F3N3O4. The van der Waals surface area contributed by atoms with Gasteiger partial charge in [-0.25, -0.2) is 4.98 Å². The van der Waals surface area contributed by atoms with Crippen molar-refractivity contribution in [3.05, 3.63) is 40.4 Å². The summed E-state index contributed by atoms with van der Waals surface area (Å²) in [5.74, 6) is -1.58. The van der Waals surface area contributed by atoms with Gasteiger partial charge in [0.1, 0.15) is 12.4 Å². The third-order valence-electron chi connectivity index (χ3n) is 3.08. The minimum Gasteiger partial charge on any atom is -0.456 e. The number of nitrogens with zero attached hydrogens (tertiary/aromatic N) is 1. The molecule has 0 aliphatic rings.